The summed E-state index contributed by atoms with van der Waals surface area (Å²) in [5.74, 6) is -0.698. The first kappa shape index (κ1) is 14.6. The van der Waals surface area contributed by atoms with Crippen LogP contribution >= 0.6 is 0 Å². The summed E-state index contributed by atoms with van der Waals surface area (Å²) >= 11 is 0. The number of fused-ring (bicyclic) bond motifs is 1. The molecule has 2 aromatic carbocycles. The molecule has 0 bridgehead atoms. The Morgan fingerprint density at radius 2 is 1.91 bits per heavy atom. The van der Waals surface area contributed by atoms with E-state index in [-0.39, 0.29) is 12.4 Å². The largest absolute Gasteiger partial charge is 0.545 e. The molecule has 1 amide bonds. The lowest BCUT2D eigenvalue weighted by Crippen LogP contribution is -2.24. The number of amides is 1. The number of carboxylic acid groups (broad SMARTS) is 1. The minimum absolute atomic E-state index is 0.00595. The smallest absolute Gasteiger partial charge is 0.271 e. The lowest BCUT2D eigenvalue weighted by atomic mass is 10.1. The zero-order chi connectivity index (χ0) is 16.2. The Morgan fingerprint density at radius 1 is 1.13 bits per heavy atom. The highest BCUT2D eigenvalue weighted by atomic mass is 16.7. The first-order valence-corrected chi connectivity index (χ1v) is 6.68. The summed E-state index contributed by atoms with van der Waals surface area (Å²) in [5, 5.41) is 14.7. The van der Waals surface area contributed by atoms with E-state index in [1.54, 1.807) is 36.4 Å². The van der Waals surface area contributed by atoms with Crippen molar-refractivity contribution < 1.29 is 24.2 Å². The third-order valence-electron chi connectivity index (χ3n) is 3.19. The molecule has 0 saturated carbocycles. The fourth-order valence-corrected chi connectivity index (χ4v) is 2.06. The minimum atomic E-state index is -1.31. The van der Waals surface area contributed by atoms with Gasteiger partial charge in [-0.3, -0.25) is 4.79 Å². The fourth-order valence-electron chi connectivity index (χ4n) is 2.06. The SMILES string of the molecule is O=C(N/N=C\c1ccccc1C(=O)[O-])c1ccc2c(c1)OCO2. The maximum absolute atomic E-state index is 12.0. The molecule has 0 atom stereocenters. The molecular formula is C16H11N2O5-. The van der Waals surface area contributed by atoms with Crippen LogP contribution in [0.4, 0.5) is 0 Å². The van der Waals surface area contributed by atoms with Crippen LogP contribution in [0.1, 0.15) is 26.3 Å². The number of benzene rings is 2. The molecule has 0 saturated heterocycles. The molecule has 0 fully saturated rings. The minimum Gasteiger partial charge on any atom is -0.545 e. The highest BCUT2D eigenvalue weighted by molar-refractivity contribution is 5.99. The van der Waals surface area contributed by atoms with Gasteiger partial charge in [-0.25, -0.2) is 5.43 Å². The third kappa shape index (κ3) is 3.13. The van der Waals surface area contributed by atoms with Gasteiger partial charge in [-0.15, -0.1) is 0 Å². The van der Waals surface area contributed by atoms with Crippen molar-refractivity contribution in [3.05, 3.63) is 59.2 Å². The number of carboxylic acids is 1. The topological polar surface area (TPSA) is 100 Å². The van der Waals surface area contributed by atoms with Crippen molar-refractivity contribution in [1.82, 2.24) is 5.43 Å². The Morgan fingerprint density at radius 3 is 2.74 bits per heavy atom. The molecule has 0 radical (unpaired) electrons. The van der Waals surface area contributed by atoms with Crippen molar-refractivity contribution in [2.24, 2.45) is 5.10 Å². The molecule has 3 rings (SSSR count). The maximum atomic E-state index is 12.0. The lowest BCUT2D eigenvalue weighted by molar-refractivity contribution is -0.255. The van der Waals surface area contributed by atoms with Crippen molar-refractivity contribution in [2.75, 3.05) is 6.79 Å². The Kier molecular flexibility index (Phi) is 3.92. The van der Waals surface area contributed by atoms with Gasteiger partial charge in [0.1, 0.15) is 0 Å². The number of aromatic carboxylic acids is 1. The molecule has 116 valence electrons. The van der Waals surface area contributed by atoms with E-state index in [0.29, 0.717) is 22.6 Å². The van der Waals surface area contributed by atoms with Crippen molar-refractivity contribution in [1.29, 1.82) is 0 Å². The van der Waals surface area contributed by atoms with Crippen LogP contribution in [0.3, 0.4) is 0 Å². The zero-order valence-corrected chi connectivity index (χ0v) is 11.8. The average molecular weight is 311 g/mol. The number of carbonyl (C=O) groups is 2. The standard InChI is InChI=1S/C16H12N2O5/c19-15(10-5-6-13-14(7-10)23-9-22-13)18-17-8-11-3-1-2-4-12(11)16(20)21/h1-8H,9H2,(H,18,19)(H,20,21)/p-1/b17-8-. The van der Waals surface area contributed by atoms with Crippen LogP contribution in [0.5, 0.6) is 11.5 Å². The van der Waals surface area contributed by atoms with E-state index < -0.39 is 11.9 Å². The number of hydrogen-bond acceptors (Lipinski definition) is 6. The van der Waals surface area contributed by atoms with E-state index in [2.05, 4.69) is 10.5 Å². The summed E-state index contributed by atoms with van der Waals surface area (Å²) in [5.41, 5.74) is 3.00. The highest BCUT2D eigenvalue weighted by Crippen LogP contribution is 2.32. The van der Waals surface area contributed by atoms with Crippen LogP contribution in [-0.4, -0.2) is 24.9 Å². The average Bonchev–Trinajstić information content (AvgIpc) is 3.02. The summed E-state index contributed by atoms with van der Waals surface area (Å²) < 4.78 is 10.4. The van der Waals surface area contributed by atoms with Crippen LogP contribution in [-0.2, 0) is 0 Å². The maximum Gasteiger partial charge on any atom is 0.271 e. The number of hydrogen-bond donors (Lipinski definition) is 1. The van der Waals surface area contributed by atoms with Gasteiger partial charge in [0.05, 0.1) is 12.2 Å². The van der Waals surface area contributed by atoms with Crippen LogP contribution in [0, 0.1) is 0 Å². The molecule has 7 heteroatoms. The summed E-state index contributed by atoms with van der Waals surface area (Å²) in [7, 11) is 0. The van der Waals surface area contributed by atoms with Crippen molar-refractivity contribution in [3.8, 4) is 11.5 Å². The predicted molar refractivity (Wildman–Crippen MR) is 78.4 cm³/mol. The van der Waals surface area contributed by atoms with E-state index in [9.17, 15) is 14.7 Å². The van der Waals surface area contributed by atoms with Gasteiger partial charge in [0, 0.05) is 16.7 Å². The van der Waals surface area contributed by atoms with Crippen molar-refractivity contribution in [3.63, 3.8) is 0 Å². The highest BCUT2D eigenvalue weighted by Gasteiger charge is 2.15. The quantitative estimate of drug-likeness (QED) is 0.656. The van der Waals surface area contributed by atoms with Crippen LogP contribution in [0.25, 0.3) is 0 Å². The number of ether oxygens (including phenoxy) is 2. The molecule has 1 heterocycles. The Labute approximate surface area is 131 Å². The first-order valence-electron chi connectivity index (χ1n) is 6.68. The molecule has 1 aliphatic heterocycles. The Hall–Kier alpha value is -3.35. The predicted octanol–water partition coefficient (Wildman–Crippen LogP) is 0.543. The molecule has 2 aromatic rings. The number of nitrogens with one attached hydrogen (secondary N) is 1. The van der Waals surface area contributed by atoms with Crippen molar-refractivity contribution in [2.45, 2.75) is 0 Å². The Balaban J connectivity index is 1.71. The molecule has 0 unspecified atom stereocenters. The molecule has 1 aliphatic rings. The van der Waals surface area contributed by atoms with Gasteiger partial charge in [0.2, 0.25) is 6.79 Å². The monoisotopic (exact) mass is 311 g/mol. The number of carbonyl (C=O) groups excluding carboxylic acids is 2. The van der Waals surface area contributed by atoms with Crippen LogP contribution in [0.15, 0.2) is 47.6 Å². The number of nitrogens with zero attached hydrogens (tertiary/aromatic N) is 1. The molecule has 0 aliphatic carbocycles. The lowest BCUT2D eigenvalue weighted by Gasteiger charge is -2.06. The third-order valence-corrected chi connectivity index (χ3v) is 3.19. The summed E-state index contributed by atoms with van der Waals surface area (Å²) in [6, 6.07) is 10.9. The van der Waals surface area contributed by atoms with E-state index >= 15 is 0 Å². The second-order valence-electron chi connectivity index (χ2n) is 4.64. The molecule has 0 spiro atoms. The van der Waals surface area contributed by atoms with E-state index in [0.717, 1.165) is 0 Å². The van der Waals surface area contributed by atoms with Crippen LogP contribution < -0.4 is 20.0 Å². The molecule has 0 aromatic heterocycles. The molecule has 23 heavy (non-hydrogen) atoms. The van der Waals surface area contributed by atoms with Gasteiger partial charge >= 0.3 is 0 Å². The van der Waals surface area contributed by atoms with Gasteiger partial charge < -0.3 is 19.4 Å². The van der Waals surface area contributed by atoms with Gasteiger partial charge in [0.25, 0.3) is 5.91 Å². The summed E-state index contributed by atoms with van der Waals surface area (Å²) in [6.45, 7) is 0.124. The van der Waals surface area contributed by atoms with Gasteiger partial charge in [0.15, 0.2) is 11.5 Å². The fraction of sp³-hybridized carbons (Fsp3) is 0.0625. The second-order valence-corrected chi connectivity index (χ2v) is 4.64. The van der Waals surface area contributed by atoms with Crippen LogP contribution in [0.2, 0.25) is 0 Å². The zero-order valence-electron chi connectivity index (χ0n) is 11.8. The second kappa shape index (κ2) is 6.18. The molecule has 1 N–H and O–H groups in total. The normalized spacial score (nSPS) is 12.3. The van der Waals surface area contributed by atoms with Gasteiger partial charge in [-0.05, 0) is 18.2 Å². The summed E-state index contributed by atoms with van der Waals surface area (Å²) in [4.78, 5) is 23.0. The van der Waals surface area contributed by atoms with E-state index in [4.69, 9.17) is 9.47 Å². The van der Waals surface area contributed by atoms with E-state index in [1.165, 1.54) is 12.3 Å². The summed E-state index contributed by atoms with van der Waals surface area (Å²) in [6.07, 6.45) is 1.25. The first-order chi connectivity index (χ1) is 11.1. The number of rotatable bonds is 4. The molecular weight excluding hydrogens is 300 g/mol. The Bertz CT molecular complexity index is 801. The van der Waals surface area contributed by atoms with E-state index in [1.807, 2.05) is 0 Å². The molecule has 7 nitrogen and oxygen atoms in total. The van der Waals surface area contributed by atoms with Crippen molar-refractivity contribution >= 4 is 18.1 Å². The van der Waals surface area contributed by atoms with Gasteiger partial charge in [-0.1, -0.05) is 24.3 Å². The van der Waals surface area contributed by atoms with Gasteiger partial charge in [-0.2, -0.15) is 5.10 Å². The number of hydrazone groups is 1.